The van der Waals surface area contributed by atoms with Crippen LogP contribution in [0.3, 0.4) is 0 Å². The summed E-state index contributed by atoms with van der Waals surface area (Å²) >= 11 is 0. The molecule has 2 fully saturated rings. The van der Waals surface area contributed by atoms with Gasteiger partial charge in [-0.2, -0.15) is 0 Å². The van der Waals surface area contributed by atoms with E-state index < -0.39 is 0 Å². The lowest BCUT2D eigenvalue weighted by Gasteiger charge is -2.34. The van der Waals surface area contributed by atoms with Crippen molar-refractivity contribution in [3.63, 3.8) is 0 Å². The van der Waals surface area contributed by atoms with E-state index in [1.165, 1.54) is 57.2 Å². The van der Waals surface area contributed by atoms with E-state index >= 15 is 0 Å². The minimum absolute atomic E-state index is 0.000656. The molecule has 1 aromatic carbocycles. The summed E-state index contributed by atoms with van der Waals surface area (Å²) in [4.78, 5) is 14.3. The first-order valence-corrected chi connectivity index (χ1v) is 8.34. The Morgan fingerprint density at radius 2 is 1.67 bits per heavy atom. The van der Waals surface area contributed by atoms with Crippen molar-refractivity contribution >= 4 is 5.91 Å². The number of amides is 1. The molecule has 1 aromatic rings. The Kier molecular flexibility index (Phi) is 4.59. The van der Waals surface area contributed by atoms with Gasteiger partial charge in [-0.25, -0.2) is 0 Å². The Morgan fingerprint density at radius 3 is 2.24 bits per heavy atom. The molecule has 1 saturated heterocycles. The molecule has 0 spiro atoms. The molecule has 3 heteroatoms. The van der Waals surface area contributed by atoms with Crippen LogP contribution in [0.25, 0.3) is 0 Å². The van der Waals surface area contributed by atoms with Crippen molar-refractivity contribution in [2.24, 2.45) is 0 Å². The highest BCUT2D eigenvalue weighted by Crippen LogP contribution is 2.35. The van der Waals surface area contributed by atoms with E-state index in [0.717, 1.165) is 11.6 Å². The van der Waals surface area contributed by atoms with Crippen molar-refractivity contribution in [2.45, 2.75) is 50.5 Å². The molecule has 1 heterocycles. The van der Waals surface area contributed by atoms with E-state index in [9.17, 15) is 4.79 Å². The maximum atomic E-state index is 11.6. The molecule has 21 heavy (non-hydrogen) atoms. The highest BCUT2D eigenvalue weighted by molar-refractivity contribution is 5.93. The number of nitrogens with one attached hydrogen (secondary N) is 1. The summed E-state index contributed by atoms with van der Waals surface area (Å²) in [7, 11) is 1.68. The lowest BCUT2D eigenvalue weighted by Crippen LogP contribution is -2.35. The van der Waals surface area contributed by atoms with Crippen LogP contribution in [0.15, 0.2) is 24.3 Å². The molecule has 114 valence electrons. The second-order valence-electron chi connectivity index (χ2n) is 6.45. The monoisotopic (exact) mass is 286 g/mol. The Labute approximate surface area is 127 Å². The van der Waals surface area contributed by atoms with Gasteiger partial charge in [-0.3, -0.25) is 4.79 Å². The highest BCUT2D eigenvalue weighted by atomic mass is 16.1. The van der Waals surface area contributed by atoms with Crippen LogP contribution in [0.5, 0.6) is 0 Å². The molecule has 0 unspecified atom stereocenters. The molecule has 1 aliphatic heterocycles. The third-order valence-electron chi connectivity index (χ3n) is 5.23. The van der Waals surface area contributed by atoms with E-state index in [4.69, 9.17) is 0 Å². The van der Waals surface area contributed by atoms with Crippen LogP contribution in [-0.4, -0.2) is 37.0 Å². The average Bonchev–Trinajstić information content (AvgIpc) is 3.09. The smallest absolute Gasteiger partial charge is 0.251 e. The quantitative estimate of drug-likeness (QED) is 0.925. The van der Waals surface area contributed by atoms with Gasteiger partial charge in [0.2, 0.25) is 0 Å². The summed E-state index contributed by atoms with van der Waals surface area (Å²) < 4.78 is 0. The molecule has 0 atom stereocenters. The molecule has 1 aliphatic carbocycles. The number of likely N-dealkylation sites (tertiary alicyclic amines) is 1. The van der Waals surface area contributed by atoms with Gasteiger partial charge in [0.25, 0.3) is 5.91 Å². The Bertz CT molecular complexity index is 468. The standard InChI is InChI=1S/C18H26N2O/c1-19-18(21)16-6-4-14(5-7-16)15-8-10-17(11-9-15)20-12-2-3-13-20/h4-7,15,17H,2-3,8-13H2,1H3,(H,19,21). The van der Waals surface area contributed by atoms with Gasteiger partial charge in [0.1, 0.15) is 0 Å². The number of benzene rings is 1. The fraction of sp³-hybridized carbons (Fsp3) is 0.611. The first-order chi connectivity index (χ1) is 10.3. The molecular weight excluding hydrogens is 260 g/mol. The van der Waals surface area contributed by atoms with E-state index in [-0.39, 0.29) is 5.91 Å². The summed E-state index contributed by atoms with van der Waals surface area (Å²) in [6.45, 7) is 2.63. The first kappa shape index (κ1) is 14.6. The fourth-order valence-electron chi connectivity index (χ4n) is 3.93. The minimum atomic E-state index is -0.000656. The average molecular weight is 286 g/mol. The van der Waals surface area contributed by atoms with Crippen molar-refractivity contribution in [2.75, 3.05) is 20.1 Å². The van der Waals surface area contributed by atoms with Crippen LogP contribution in [0, 0.1) is 0 Å². The summed E-state index contributed by atoms with van der Waals surface area (Å²) in [6, 6.07) is 9.03. The summed E-state index contributed by atoms with van der Waals surface area (Å²) in [5.74, 6) is 0.682. The number of carbonyl (C=O) groups is 1. The molecule has 1 amide bonds. The zero-order valence-corrected chi connectivity index (χ0v) is 13.0. The lowest BCUT2D eigenvalue weighted by molar-refractivity contribution is 0.0963. The Morgan fingerprint density at radius 1 is 1.05 bits per heavy atom. The van der Waals surface area contributed by atoms with Gasteiger partial charge < -0.3 is 10.2 Å². The third kappa shape index (κ3) is 3.29. The number of nitrogens with zero attached hydrogens (tertiary/aromatic N) is 1. The van der Waals surface area contributed by atoms with Crippen LogP contribution in [0.1, 0.15) is 60.4 Å². The largest absolute Gasteiger partial charge is 0.355 e. The topological polar surface area (TPSA) is 32.3 Å². The Hall–Kier alpha value is -1.35. The number of carbonyl (C=O) groups excluding carboxylic acids is 1. The van der Waals surface area contributed by atoms with Gasteiger partial charge in [0.05, 0.1) is 0 Å². The van der Waals surface area contributed by atoms with Crippen molar-refractivity contribution in [3.05, 3.63) is 35.4 Å². The van der Waals surface area contributed by atoms with Gasteiger partial charge in [-0.1, -0.05) is 12.1 Å². The molecule has 3 nitrogen and oxygen atoms in total. The second-order valence-corrected chi connectivity index (χ2v) is 6.45. The normalized spacial score (nSPS) is 26.7. The van der Waals surface area contributed by atoms with E-state index in [2.05, 4.69) is 22.3 Å². The molecule has 0 aromatic heterocycles. The Balaban J connectivity index is 1.57. The molecule has 1 N–H and O–H groups in total. The predicted octanol–water partition coefficient (Wildman–Crippen LogP) is 3.17. The van der Waals surface area contributed by atoms with Gasteiger partial charge in [-0.05, 0) is 75.2 Å². The lowest BCUT2D eigenvalue weighted by atomic mass is 9.81. The first-order valence-electron chi connectivity index (χ1n) is 8.34. The highest BCUT2D eigenvalue weighted by Gasteiger charge is 2.27. The fourth-order valence-corrected chi connectivity index (χ4v) is 3.93. The van der Waals surface area contributed by atoms with Crippen molar-refractivity contribution in [1.29, 1.82) is 0 Å². The number of hydrogen-bond donors (Lipinski definition) is 1. The molecular formula is C18H26N2O. The molecule has 0 radical (unpaired) electrons. The van der Waals surface area contributed by atoms with Crippen molar-refractivity contribution in [3.8, 4) is 0 Å². The van der Waals surface area contributed by atoms with Crippen molar-refractivity contribution in [1.82, 2.24) is 10.2 Å². The van der Waals surface area contributed by atoms with Crippen LogP contribution < -0.4 is 5.32 Å². The maximum absolute atomic E-state index is 11.6. The molecule has 3 rings (SSSR count). The van der Waals surface area contributed by atoms with Crippen molar-refractivity contribution < 1.29 is 4.79 Å². The zero-order chi connectivity index (χ0) is 14.7. The number of rotatable bonds is 3. The maximum Gasteiger partial charge on any atom is 0.251 e. The second kappa shape index (κ2) is 6.61. The summed E-state index contributed by atoms with van der Waals surface area (Å²) in [5.41, 5.74) is 2.16. The van der Waals surface area contributed by atoms with Crippen LogP contribution >= 0.6 is 0 Å². The third-order valence-corrected chi connectivity index (χ3v) is 5.23. The van der Waals surface area contributed by atoms with Crippen LogP contribution in [-0.2, 0) is 0 Å². The van der Waals surface area contributed by atoms with Crippen LogP contribution in [0.2, 0.25) is 0 Å². The van der Waals surface area contributed by atoms with E-state index in [1.54, 1.807) is 7.05 Å². The van der Waals surface area contributed by atoms with Gasteiger partial charge in [0, 0.05) is 18.7 Å². The summed E-state index contributed by atoms with van der Waals surface area (Å²) in [6.07, 6.45) is 8.03. The van der Waals surface area contributed by atoms with Gasteiger partial charge >= 0.3 is 0 Å². The van der Waals surface area contributed by atoms with Gasteiger partial charge in [-0.15, -0.1) is 0 Å². The van der Waals surface area contributed by atoms with Gasteiger partial charge in [0.15, 0.2) is 0 Å². The minimum Gasteiger partial charge on any atom is -0.355 e. The van der Waals surface area contributed by atoms with E-state index in [0.29, 0.717) is 5.92 Å². The van der Waals surface area contributed by atoms with Crippen LogP contribution in [0.4, 0.5) is 0 Å². The zero-order valence-electron chi connectivity index (χ0n) is 13.0. The molecule has 0 bridgehead atoms. The number of hydrogen-bond acceptors (Lipinski definition) is 2. The molecule has 1 saturated carbocycles. The molecule has 2 aliphatic rings. The summed E-state index contributed by atoms with van der Waals surface area (Å²) in [5, 5.41) is 2.67. The SMILES string of the molecule is CNC(=O)c1ccc(C2CCC(N3CCCC3)CC2)cc1. The van der Waals surface area contributed by atoms with E-state index in [1.807, 2.05) is 12.1 Å². The predicted molar refractivity (Wildman–Crippen MR) is 85.6 cm³/mol.